The Hall–Kier alpha value is -3.24. The zero-order valence-electron chi connectivity index (χ0n) is 16.7. The van der Waals surface area contributed by atoms with E-state index in [1.165, 1.54) is 0 Å². The number of para-hydroxylation sites is 2. The van der Waals surface area contributed by atoms with E-state index in [4.69, 9.17) is 0 Å². The van der Waals surface area contributed by atoms with Crippen LogP contribution >= 0.6 is 15.9 Å². The Morgan fingerprint density at radius 3 is 1.57 bits per heavy atom. The van der Waals surface area contributed by atoms with Gasteiger partial charge < -0.3 is 4.90 Å². The fourth-order valence-electron chi connectivity index (χ4n) is 3.63. The number of ketones is 2. The van der Waals surface area contributed by atoms with Gasteiger partial charge in [0, 0.05) is 33.8 Å². The molecule has 0 spiro atoms. The van der Waals surface area contributed by atoms with E-state index in [9.17, 15) is 9.59 Å². The van der Waals surface area contributed by atoms with Gasteiger partial charge in [0.05, 0.1) is 4.48 Å². The molecule has 3 aromatic carbocycles. The van der Waals surface area contributed by atoms with Crippen LogP contribution in [0.1, 0.15) is 19.4 Å². The normalized spacial score (nSPS) is 14.4. The number of nitrogens with zero attached hydrogens (tertiary/aromatic N) is 1. The average Bonchev–Trinajstić information content (AvgIpc) is 2.79. The second-order valence-electron chi connectivity index (χ2n) is 7.15. The lowest BCUT2D eigenvalue weighted by Gasteiger charge is -2.26. The Labute approximate surface area is 184 Å². The Bertz CT molecular complexity index is 1140. The van der Waals surface area contributed by atoms with Gasteiger partial charge in [-0.3, -0.25) is 9.59 Å². The first-order chi connectivity index (χ1) is 14.5. The molecule has 0 bridgehead atoms. The Morgan fingerprint density at radius 1 is 0.600 bits per heavy atom. The van der Waals surface area contributed by atoms with E-state index < -0.39 is 0 Å². The maximum absolute atomic E-state index is 12.8. The third kappa shape index (κ3) is 3.55. The van der Waals surface area contributed by atoms with Crippen LogP contribution in [0.2, 0.25) is 0 Å². The molecule has 30 heavy (non-hydrogen) atoms. The molecular formula is C26H20BrNO2. The molecule has 0 aliphatic heterocycles. The van der Waals surface area contributed by atoms with Gasteiger partial charge in [-0.05, 0) is 71.7 Å². The van der Waals surface area contributed by atoms with E-state index in [-0.39, 0.29) is 11.6 Å². The summed E-state index contributed by atoms with van der Waals surface area (Å²) < 4.78 is 0.352. The molecule has 0 amide bonds. The largest absolute Gasteiger partial charge is 0.311 e. The molecule has 0 N–H and O–H groups in total. The second-order valence-corrected chi connectivity index (χ2v) is 7.94. The molecule has 0 saturated carbocycles. The van der Waals surface area contributed by atoms with Gasteiger partial charge in [0.1, 0.15) is 0 Å². The summed E-state index contributed by atoms with van der Waals surface area (Å²) in [5.41, 5.74) is 5.18. The molecular weight excluding hydrogens is 438 g/mol. The van der Waals surface area contributed by atoms with Crippen molar-refractivity contribution in [2.75, 3.05) is 4.90 Å². The van der Waals surface area contributed by atoms with Crippen LogP contribution in [0.25, 0.3) is 5.57 Å². The average molecular weight is 458 g/mol. The molecule has 4 rings (SSSR count). The molecule has 0 unspecified atom stereocenters. The van der Waals surface area contributed by atoms with Crippen LogP contribution in [0.15, 0.2) is 101 Å². The maximum atomic E-state index is 12.8. The van der Waals surface area contributed by atoms with Gasteiger partial charge in [0.2, 0.25) is 0 Å². The Morgan fingerprint density at radius 2 is 1.07 bits per heavy atom. The minimum atomic E-state index is -0.138. The Balaban J connectivity index is 1.77. The van der Waals surface area contributed by atoms with Crippen molar-refractivity contribution in [1.82, 2.24) is 0 Å². The first kappa shape index (κ1) is 20.0. The van der Waals surface area contributed by atoms with Gasteiger partial charge in [-0.2, -0.15) is 0 Å². The van der Waals surface area contributed by atoms with E-state index in [1.54, 1.807) is 13.8 Å². The predicted molar refractivity (Wildman–Crippen MR) is 125 cm³/mol. The monoisotopic (exact) mass is 457 g/mol. The van der Waals surface area contributed by atoms with E-state index in [2.05, 4.69) is 45.1 Å². The molecule has 1 aliphatic carbocycles. The minimum absolute atomic E-state index is 0.116. The van der Waals surface area contributed by atoms with E-state index in [1.807, 2.05) is 60.7 Å². The Kier molecular flexibility index (Phi) is 5.51. The lowest BCUT2D eigenvalue weighted by Crippen LogP contribution is -2.18. The standard InChI is InChI=1S/C26H20BrNO2/c1-17-23(25(29)18(2)24(27)26(17)30)19-13-15-22(16-14-19)28(20-9-5-3-6-10-20)21-11-7-4-8-12-21/h3-16H,1-2H3. The SMILES string of the molecule is CC1=C(Br)C(=O)C(C)=C(c2ccc(N(c3ccccc3)c3ccccc3)cc2)C1=O. The molecule has 3 nitrogen and oxygen atoms in total. The van der Waals surface area contributed by atoms with Crippen molar-refractivity contribution in [1.29, 1.82) is 0 Å². The van der Waals surface area contributed by atoms with Gasteiger partial charge in [-0.1, -0.05) is 48.5 Å². The summed E-state index contributed by atoms with van der Waals surface area (Å²) in [7, 11) is 0. The number of carbonyl (C=O) groups excluding carboxylic acids is 2. The molecule has 1 aliphatic rings. The molecule has 0 atom stereocenters. The molecule has 0 fully saturated rings. The molecule has 0 radical (unpaired) electrons. The lowest BCUT2D eigenvalue weighted by molar-refractivity contribution is -0.114. The van der Waals surface area contributed by atoms with Crippen LogP contribution in [-0.4, -0.2) is 11.6 Å². The number of Topliss-reactive ketones (excluding diaryl/α,β-unsaturated/α-hetero) is 2. The summed E-state index contributed by atoms with van der Waals surface area (Å²) in [5.74, 6) is -0.254. The summed E-state index contributed by atoms with van der Waals surface area (Å²) >= 11 is 3.25. The molecule has 4 heteroatoms. The third-order valence-corrected chi connectivity index (χ3v) is 6.21. The number of hydrogen-bond donors (Lipinski definition) is 0. The van der Waals surface area contributed by atoms with Crippen LogP contribution in [0.3, 0.4) is 0 Å². The minimum Gasteiger partial charge on any atom is -0.311 e. The van der Waals surface area contributed by atoms with Crippen molar-refractivity contribution in [2.24, 2.45) is 0 Å². The molecule has 0 saturated heterocycles. The number of anilines is 3. The van der Waals surface area contributed by atoms with E-state index >= 15 is 0 Å². The second kappa shape index (κ2) is 8.25. The number of carbonyl (C=O) groups is 2. The lowest BCUT2D eigenvalue weighted by atomic mass is 9.86. The number of halogens is 1. The molecule has 148 valence electrons. The van der Waals surface area contributed by atoms with Crippen LogP contribution in [0.5, 0.6) is 0 Å². The van der Waals surface area contributed by atoms with Crippen molar-refractivity contribution in [2.45, 2.75) is 13.8 Å². The van der Waals surface area contributed by atoms with Crippen molar-refractivity contribution >= 4 is 50.1 Å². The van der Waals surface area contributed by atoms with Gasteiger partial charge in [0.25, 0.3) is 0 Å². The highest BCUT2D eigenvalue weighted by molar-refractivity contribution is 9.12. The zero-order chi connectivity index (χ0) is 21.3. The first-order valence-electron chi connectivity index (χ1n) is 9.66. The quantitative estimate of drug-likeness (QED) is 0.406. The van der Waals surface area contributed by atoms with Crippen molar-refractivity contribution in [3.8, 4) is 0 Å². The zero-order valence-corrected chi connectivity index (χ0v) is 18.3. The van der Waals surface area contributed by atoms with Crippen LogP contribution < -0.4 is 4.90 Å². The van der Waals surface area contributed by atoms with Crippen molar-refractivity contribution < 1.29 is 9.59 Å². The summed E-state index contributed by atoms with van der Waals surface area (Å²) in [6.07, 6.45) is 0. The smallest absolute Gasteiger partial charge is 0.196 e. The predicted octanol–water partition coefficient (Wildman–Crippen LogP) is 6.75. The number of hydrogen-bond acceptors (Lipinski definition) is 3. The molecule has 0 heterocycles. The third-order valence-electron chi connectivity index (χ3n) is 5.25. The number of allylic oxidation sites excluding steroid dienone is 4. The van der Waals surface area contributed by atoms with Gasteiger partial charge in [-0.25, -0.2) is 0 Å². The summed E-state index contributed by atoms with van der Waals surface area (Å²) in [5, 5.41) is 0. The first-order valence-corrected chi connectivity index (χ1v) is 10.5. The fourth-order valence-corrected chi connectivity index (χ4v) is 4.11. The van der Waals surface area contributed by atoms with E-state index in [0.29, 0.717) is 21.2 Å². The van der Waals surface area contributed by atoms with Crippen molar-refractivity contribution in [3.05, 3.63) is 106 Å². The number of rotatable bonds is 4. The van der Waals surface area contributed by atoms with Gasteiger partial charge >= 0.3 is 0 Å². The summed E-state index contributed by atoms with van der Waals surface area (Å²) in [4.78, 5) is 27.5. The summed E-state index contributed by atoms with van der Waals surface area (Å²) in [6, 6.07) is 28.0. The van der Waals surface area contributed by atoms with Crippen molar-refractivity contribution in [3.63, 3.8) is 0 Å². The highest BCUT2D eigenvalue weighted by Gasteiger charge is 2.29. The van der Waals surface area contributed by atoms with Crippen LogP contribution in [0, 0.1) is 0 Å². The molecule has 0 aromatic heterocycles. The highest BCUT2D eigenvalue weighted by Crippen LogP contribution is 2.37. The molecule has 3 aromatic rings. The van der Waals surface area contributed by atoms with Crippen LogP contribution in [0.4, 0.5) is 17.1 Å². The summed E-state index contributed by atoms with van der Waals surface area (Å²) in [6.45, 7) is 3.38. The fraction of sp³-hybridized carbons (Fsp3) is 0.0769. The maximum Gasteiger partial charge on any atom is 0.196 e. The highest BCUT2D eigenvalue weighted by atomic mass is 79.9. The van der Waals surface area contributed by atoms with Gasteiger partial charge in [-0.15, -0.1) is 0 Å². The van der Waals surface area contributed by atoms with Gasteiger partial charge in [0.15, 0.2) is 11.6 Å². The number of benzene rings is 3. The topological polar surface area (TPSA) is 37.4 Å². The van der Waals surface area contributed by atoms with E-state index in [0.717, 1.165) is 22.6 Å². The van der Waals surface area contributed by atoms with Crippen LogP contribution in [-0.2, 0) is 9.59 Å².